The van der Waals surface area contributed by atoms with Crippen molar-refractivity contribution >= 4 is 46.7 Å². The Hall–Kier alpha value is -3.88. The van der Waals surface area contributed by atoms with Crippen molar-refractivity contribution in [3.8, 4) is 0 Å². The highest BCUT2D eigenvalue weighted by Crippen LogP contribution is 2.35. The lowest BCUT2D eigenvalue weighted by molar-refractivity contribution is -0.110. The normalized spacial score (nSPS) is 17.2. The molecule has 39 heavy (non-hydrogen) atoms. The van der Waals surface area contributed by atoms with Gasteiger partial charge >= 0.3 is 0 Å². The van der Waals surface area contributed by atoms with Crippen LogP contribution in [-0.2, 0) is 4.79 Å². The first-order valence-electron chi connectivity index (χ1n) is 13.0. The highest BCUT2D eigenvalue weighted by molar-refractivity contribution is 6.35. The van der Waals surface area contributed by atoms with Gasteiger partial charge in [0.25, 0.3) is 17.7 Å². The van der Waals surface area contributed by atoms with Crippen LogP contribution < -0.4 is 10.6 Å². The molecule has 0 radical (unpaired) electrons. The van der Waals surface area contributed by atoms with Gasteiger partial charge in [-0.3, -0.25) is 14.4 Å². The van der Waals surface area contributed by atoms with Crippen LogP contribution in [0.15, 0.2) is 42.5 Å². The number of nitrogens with zero attached hydrogens (tertiary/aromatic N) is 2. The van der Waals surface area contributed by atoms with Gasteiger partial charge in [0, 0.05) is 59.4 Å². The average Bonchev–Trinajstić information content (AvgIpc) is 3.37. The van der Waals surface area contributed by atoms with Crippen molar-refractivity contribution in [2.75, 3.05) is 38.5 Å². The Balaban J connectivity index is 1.41. The number of H-pyrrole nitrogens is 1. The summed E-state index contributed by atoms with van der Waals surface area (Å²) in [6.07, 6.45) is 1.76. The molecule has 3 amide bonds. The van der Waals surface area contributed by atoms with E-state index in [-0.39, 0.29) is 23.8 Å². The zero-order valence-electron chi connectivity index (χ0n) is 22.5. The van der Waals surface area contributed by atoms with E-state index < -0.39 is 0 Å². The van der Waals surface area contributed by atoms with Crippen LogP contribution in [0.3, 0.4) is 0 Å². The van der Waals surface area contributed by atoms with Gasteiger partial charge in [-0.05, 0) is 75.4 Å². The second kappa shape index (κ2) is 10.7. The molecule has 0 aliphatic carbocycles. The van der Waals surface area contributed by atoms with Gasteiger partial charge in [0.05, 0.1) is 17.2 Å². The molecule has 3 aromatic rings. The molecule has 1 fully saturated rings. The molecule has 2 aliphatic rings. The van der Waals surface area contributed by atoms with Crippen molar-refractivity contribution in [3.63, 3.8) is 0 Å². The van der Waals surface area contributed by atoms with Gasteiger partial charge in [0.1, 0.15) is 0 Å². The molecule has 1 aromatic heterocycles. The number of piperazine rings is 1. The third-order valence-electron chi connectivity index (χ3n) is 7.53. The SMILES string of the molecule is Cc1[nH]c(C=C2C(=O)Nc3ccc(C(=O)N[C@H](C)c4cccc(Cl)c4)cc32)c(C)c1C(=O)N1CCN(C)CC1. The summed E-state index contributed by atoms with van der Waals surface area (Å²) in [6.45, 7) is 8.73. The smallest absolute Gasteiger partial charge is 0.256 e. The lowest BCUT2D eigenvalue weighted by Crippen LogP contribution is -2.47. The van der Waals surface area contributed by atoms with Gasteiger partial charge in [-0.1, -0.05) is 23.7 Å². The second-order valence-corrected chi connectivity index (χ2v) is 10.7. The third kappa shape index (κ3) is 5.35. The van der Waals surface area contributed by atoms with E-state index in [0.29, 0.717) is 51.8 Å². The minimum Gasteiger partial charge on any atom is -0.358 e. The Bertz CT molecular complexity index is 1500. The molecule has 1 atom stereocenters. The summed E-state index contributed by atoms with van der Waals surface area (Å²) in [4.78, 5) is 46.7. The van der Waals surface area contributed by atoms with Crippen molar-refractivity contribution < 1.29 is 14.4 Å². The largest absolute Gasteiger partial charge is 0.358 e. The summed E-state index contributed by atoms with van der Waals surface area (Å²) in [5.41, 5.74) is 5.97. The van der Waals surface area contributed by atoms with E-state index in [4.69, 9.17) is 11.6 Å². The number of likely N-dealkylation sites (N-methyl/N-ethyl adjacent to an activating group) is 1. The molecule has 3 heterocycles. The molecule has 3 N–H and O–H groups in total. The zero-order valence-corrected chi connectivity index (χ0v) is 23.3. The molecule has 0 saturated carbocycles. The molecular formula is C30H32ClN5O3. The van der Waals surface area contributed by atoms with Gasteiger partial charge in [-0.25, -0.2) is 0 Å². The van der Waals surface area contributed by atoms with E-state index in [0.717, 1.165) is 29.9 Å². The maximum Gasteiger partial charge on any atom is 0.256 e. The summed E-state index contributed by atoms with van der Waals surface area (Å²) >= 11 is 6.10. The Kier molecular flexibility index (Phi) is 7.34. The van der Waals surface area contributed by atoms with Crippen LogP contribution in [0.25, 0.3) is 11.6 Å². The van der Waals surface area contributed by atoms with Gasteiger partial charge < -0.3 is 25.4 Å². The first-order valence-corrected chi connectivity index (χ1v) is 13.4. The lowest BCUT2D eigenvalue weighted by atomic mass is 10.0. The van der Waals surface area contributed by atoms with Crippen LogP contribution >= 0.6 is 11.6 Å². The topological polar surface area (TPSA) is 97.5 Å². The van der Waals surface area contributed by atoms with Crippen molar-refractivity contribution in [1.82, 2.24) is 20.1 Å². The Labute approximate surface area is 233 Å². The number of rotatable bonds is 5. The molecule has 2 aliphatic heterocycles. The van der Waals surface area contributed by atoms with Crippen LogP contribution in [-0.4, -0.2) is 65.7 Å². The maximum atomic E-state index is 13.3. The highest BCUT2D eigenvalue weighted by Gasteiger charge is 2.28. The number of fused-ring (bicyclic) bond motifs is 1. The Morgan fingerprint density at radius 2 is 1.82 bits per heavy atom. The molecule has 202 valence electrons. The fourth-order valence-corrected chi connectivity index (χ4v) is 5.36. The van der Waals surface area contributed by atoms with Crippen molar-refractivity contribution in [3.05, 3.63) is 86.7 Å². The van der Waals surface area contributed by atoms with Gasteiger partial charge in [0.15, 0.2) is 0 Å². The fraction of sp³-hybridized carbons (Fsp3) is 0.300. The fourth-order valence-electron chi connectivity index (χ4n) is 5.16. The number of aryl methyl sites for hydroxylation is 1. The monoisotopic (exact) mass is 545 g/mol. The summed E-state index contributed by atoms with van der Waals surface area (Å²) in [5, 5.41) is 6.48. The standard InChI is InChI=1S/C30H32ClN5O3/c1-17-26(32-19(3)27(17)30(39)36-12-10-35(4)11-13-36)16-24-23-15-21(8-9-25(23)34-29(24)38)28(37)33-18(2)20-6-5-7-22(31)14-20/h5-9,14-16,18,32H,10-13H2,1-4H3,(H,33,37)(H,34,38)/t18-/m1/s1. The van der Waals surface area contributed by atoms with Gasteiger partial charge in [0.2, 0.25) is 0 Å². The zero-order chi connectivity index (χ0) is 27.8. The summed E-state index contributed by atoms with van der Waals surface area (Å²) in [5.74, 6) is -0.507. The number of aromatic amines is 1. The molecule has 9 heteroatoms. The number of amides is 3. The van der Waals surface area contributed by atoms with E-state index in [1.807, 2.05) is 43.9 Å². The molecule has 0 unspecified atom stereocenters. The van der Waals surface area contributed by atoms with Crippen molar-refractivity contribution in [1.29, 1.82) is 0 Å². The third-order valence-corrected chi connectivity index (χ3v) is 7.77. The molecule has 8 nitrogen and oxygen atoms in total. The molecule has 0 bridgehead atoms. The molecular weight excluding hydrogens is 514 g/mol. The molecule has 0 spiro atoms. The average molecular weight is 546 g/mol. The molecule has 5 rings (SSSR count). The van der Waals surface area contributed by atoms with Crippen LogP contribution in [0.2, 0.25) is 5.02 Å². The number of carbonyl (C=O) groups excluding carboxylic acids is 3. The first kappa shape index (κ1) is 26.7. The highest BCUT2D eigenvalue weighted by atomic mass is 35.5. The number of hydrogen-bond acceptors (Lipinski definition) is 4. The van der Waals surface area contributed by atoms with Crippen LogP contribution in [0.4, 0.5) is 5.69 Å². The predicted octanol–water partition coefficient (Wildman–Crippen LogP) is 4.66. The number of anilines is 1. The van der Waals surface area contributed by atoms with Crippen LogP contribution in [0.5, 0.6) is 0 Å². The number of aromatic nitrogens is 1. The summed E-state index contributed by atoms with van der Waals surface area (Å²) in [7, 11) is 2.05. The number of benzene rings is 2. The van der Waals surface area contributed by atoms with E-state index in [9.17, 15) is 14.4 Å². The maximum absolute atomic E-state index is 13.3. The molecule has 2 aromatic carbocycles. The lowest BCUT2D eigenvalue weighted by Gasteiger charge is -2.32. The predicted molar refractivity (Wildman–Crippen MR) is 154 cm³/mol. The second-order valence-electron chi connectivity index (χ2n) is 10.3. The minimum absolute atomic E-state index is 0.00283. The number of hydrogen-bond donors (Lipinski definition) is 3. The quantitative estimate of drug-likeness (QED) is 0.406. The minimum atomic E-state index is -0.256. The number of carbonyl (C=O) groups is 3. The van der Waals surface area contributed by atoms with E-state index in [1.54, 1.807) is 30.3 Å². The number of nitrogens with one attached hydrogen (secondary N) is 3. The van der Waals surface area contributed by atoms with E-state index in [1.165, 1.54) is 0 Å². The van der Waals surface area contributed by atoms with Crippen molar-refractivity contribution in [2.24, 2.45) is 0 Å². The molecule has 1 saturated heterocycles. The summed E-state index contributed by atoms with van der Waals surface area (Å²) in [6, 6.07) is 12.3. The Morgan fingerprint density at radius 1 is 1.08 bits per heavy atom. The Morgan fingerprint density at radius 3 is 2.54 bits per heavy atom. The first-order chi connectivity index (χ1) is 18.6. The van der Waals surface area contributed by atoms with Gasteiger partial charge in [-0.15, -0.1) is 0 Å². The van der Waals surface area contributed by atoms with E-state index in [2.05, 4.69) is 27.6 Å². The van der Waals surface area contributed by atoms with Gasteiger partial charge in [-0.2, -0.15) is 0 Å². The summed E-state index contributed by atoms with van der Waals surface area (Å²) < 4.78 is 0. The number of halogens is 1. The van der Waals surface area contributed by atoms with Crippen LogP contribution in [0.1, 0.15) is 61.8 Å². The van der Waals surface area contributed by atoms with E-state index >= 15 is 0 Å². The van der Waals surface area contributed by atoms with Crippen LogP contribution in [0, 0.1) is 13.8 Å². The van der Waals surface area contributed by atoms with Crippen molar-refractivity contribution in [2.45, 2.75) is 26.8 Å².